The zero-order valence-corrected chi connectivity index (χ0v) is 15.3. The second-order valence-electron chi connectivity index (χ2n) is 5.45. The van der Waals surface area contributed by atoms with Gasteiger partial charge in [-0.2, -0.15) is 13.5 Å². The highest BCUT2D eigenvalue weighted by atomic mass is 35.5. The Morgan fingerprint density at radius 2 is 1.85 bits per heavy atom. The smallest absolute Gasteiger partial charge is 0.387 e. The van der Waals surface area contributed by atoms with E-state index in [-0.39, 0.29) is 28.0 Å². The maximum Gasteiger partial charge on any atom is 0.387 e. The zero-order chi connectivity index (χ0) is 19.3. The van der Waals surface area contributed by atoms with E-state index in [0.29, 0.717) is 28.9 Å². The van der Waals surface area contributed by atoms with Crippen LogP contribution in [0.2, 0.25) is 10.0 Å². The maximum absolute atomic E-state index is 12.5. The second-order valence-corrected chi connectivity index (χ2v) is 6.26. The fourth-order valence-corrected chi connectivity index (χ4v) is 2.89. The summed E-state index contributed by atoms with van der Waals surface area (Å²) in [5.74, 6) is -0.0149. The average molecular weight is 408 g/mol. The van der Waals surface area contributed by atoms with E-state index in [1.807, 2.05) is 6.92 Å². The molecule has 0 amide bonds. The van der Waals surface area contributed by atoms with E-state index < -0.39 is 12.7 Å². The van der Waals surface area contributed by atoms with Gasteiger partial charge in [0.2, 0.25) is 0 Å². The molecule has 1 heterocycles. The first-order valence-corrected chi connectivity index (χ1v) is 8.53. The fraction of sp³-hybridized carbons (Fsp3) is 0.353. The van der Waals surface area contributed by atoms with Gasteiger partial charge in [-0.05, 0) is 24.1 Å². The number of aliphatic hydroxyl groups is 1. The molecule has 1 unspecified atom stereocenters. The molecular weight excluding hydrogens is 391 g/mol. The van der Waals surface area contributed by atoms with Crippen molar-refractivity contribution in [3.05, 3.63) is 57.0 Å². The summed E-state index contributed by atoms with van der Waals surface area (Å²) in [4.78, 5) is 0. The molecule has 0 saturated carbocycles. The van der Waals surface area contributed by atoms with Crippen LogP contribution in [0.4, 0.5) is 8.78 Å². The molecule has 1 aromatic heterocycles. The number of pyridine rings is 1. The molecule has 2 aromatic rings. The Hall–Kier alpha value is -1.83. The SMILES string of the molecule is CCCOc1cc(C(O)Cc2c(Cl)c[n+]([O-])cc2Cl)ccc1OC(F)F. The number of alkyl halides is 2. The van der Waals surface area contributed by atoms with Crippen LogP contribution in [0.15, 0.2) is 30.6 Å². The zero-order valence-electron chi connectivity index (χ0n) is 13.8. The number of aromatic nitrogens is 1. The number of hydrogen-bond acceptors (Lipinski definition) is 4. The molecule has 0 saturated heterocycles. The predicted molar refractivity (Wildman–Crippen MR) is 92.9 cm³/mol. The normalized spacial score (nSPS) is 12.3. The lowest BCUT2D eigenvalue weighted by molar-refractivity contribution is -0.605. The second kappa shape index (κ2) is 9.21. The van der Waals surface area contributed by atoms with Gasteiger partial charge in [-0.1, -0.05) is 36.2 Å². The molecule has 142 valence electrons. The summed E-state index contributed by atoms with van der Waals surface area (Å²) in [6.45, 7) is -0.817. The van der Waals surface area contributed by atoms with E-state index in [9.17, 15) is 19.1 Å². The standard InChI is InChI=1S/C17H17Cl2F2NO4/c1-2-5-25-16-6-10(3-4-15(16)26-17(20)21)14(23)7-11-12(18)8-22(24)9-13(11)19/h3-4,6,8-9,14,17,23H,2,5,7H2,1H3. The minimum Gasteiger partial charge on any atom is -0.619 e. The first-order chi connectivity index (χ1) is 12.3. The molecule has 1 N–H and O–H groups in total. The molecule has 0 radical (unpaired) electrons. The summed E-state index contributed by atoms with van der Waals surface area (Å²) < 4.78 is 35.3. The van der Waals surface area contributed by atoms with Crippen molar-refractivity contribution in [3.63, 3.8) is 0 Å². The van der Waals surface area contributed by atoms with Crippen molar-refractivity contribution >= 4 is 23.2 Å². The predicted octanol–water partition coefficient (Wildman–Crippen LogP) is 4.29. The molecule has 0 fully saturated rings. The molecule has 2 rings (SSSR count). The van der Waals surface area contributed by atoms with E-state index in [2.05, 4.69) is 4.74 Å². The topological polar surface area (TPSA) is 65.6 Å². The van der Waals surface area contributed by atoms with Gasteiger partial charge < -0.3 is 19.8 Å². The number of halogens is 4. The van der Waals surface area contributed by atoms with Crippen LogP contribution in [0.5, 0.6) is 11.5 Å². The highest BCUT2D eigenvalue weighted by Crippen LogP contribution is 2.34. The van der Waals surface area contributed by atoms with Gasteiger partial charge in [0.1, 0.15) is 10.0 Å². The van der Waals surface area contributed by atoms with Gasteiger partial charge >= 0.3 is 6.61 Å². The number of rotatable bonds is 8. The van der Waals surface area contributed by atoms with Crippen LogP contribution in [-0.4, -0.2) is 18.3 Å². The number of benzene rings is 1. The van der Waals surface area contributed by atoms with Crippen LogP contribution in [-0.2, 0) is 6.42 Å². The monoisotopic (exact) mass is 407 g/mol. The molecule has 1 atom stereocenters. The average Bonchev–Trinajstić information content (AvgIpc) is 2.56. The van der Waals surface area contributed by atoms with Crippen molar-refractivity contribution in [1.82, 2.24) is 0 Å². The largest absolute Gasteiger partial charge is 0.619 e. The first-order valence-electron chi connectivity index (χ1n) is 7.78. The van der Waals surface area contributed by atoms with Gasteiger partial charge in [-0.15, -0.1) is 0 Å². The van der Waals surface area contributed by atoms with Crippen LogP contribution in [0.25, 0.3) is 0 Å². The quantitative estimate of drug-likeness (QED) is 0.523. The molecule has 0 aliphatic carbocycles. The number of nitrogens with zero attached hydrogens (tertiary/aromatic N) is 1. The summed E-state index contributed by atoms with van der Waals surface area (Å²) in [6.07, 6.45) is 1.92. The van der Waals surface area contributed by atoms with Crippen molar-refractivity contribution in [1.29, 1.82) is 0 Å². The van der Waals surface area contributed by atoms with Gasteiger partial charge in [0.15, 0.2) is 23.9 Å². The van der Waals surface area contributed by atoms with E-state index in [4.69, 9.17) is 27.9 Å². The Bertz CT molecular complexity index is 739. The molecule has 9 heteroatoms. The van der Waals surface area contributed by atoms with Crippen molar-refractivity contribution in [3.8, 4) is 11.5 Å². The van der Waals surface area contributed by atoms with Gasteiger partial charge in [-0.25, -0.2) is 0 Å². The lowest BCUT2D eigenvalue weighted by Crippen LogP contribution is -2.25. The summed E-state index contributed by atoms with van der Waals surface area (Å²) in [5.41, 5.74) is 0.806. The molecule has 1 aromatic carbocycles. The highest BCUT2D eigenvalue weighted by molar-refractivity contribution is 6.35. The Morgan fingerprint density at radius 3 is 2.42 bits per heavy atom. The van der Waals surface area contributed by atoms with E-state index >= 15 is 0 Å². The molecule has 0 aliphatic rings. The highest BCUT2D eigenvalue weighted by Gasteiger charge is 2.19. The third kappa shape index (κ3) is 5.33. The van der Waals surface area contributed by atoms with Gasteiger partial charge in [0.25, 0.3) is 0 Å². The van der Waals surface area contributed by atoms with Crippen molar-refractivity contribution in [2.75, 3.05) is 6.61 Å². The molecule has 5 nitrogen and oxygen atoms in total. The van der Waals surface area contributed by atoms with Gasteiger partial charge in [0.05, 0.1) is 12.7 Å². The molecule has 0 bridgehead atoms. The first kappa shape index (κ1) is 20.5. The minimum absolute atomic E-state index is 0.0285. The molecule has 26 heavy (non-hydrogen) atoms. The lowest BCUT2D eigenvalue weighted by Gasteiger charge is -2.17. The third-order valence-electron chi connectivity index (χ3n) is 3.49. The van der Waals surface area contributed by atoms with E-state index in [0.717, 1.165) is 12.4 Å². The molecular formula is C17H17Cl2F2NO4. The van der Waals surface area contributed by atoms with Crippen molar-refractivity contribution in [2.45, 2.75) is 32.5 Å². The van der Waals surface area contributed by atoms with Crippen LogP contribution in [0.3, 0.4) is 0 Å². The Labute approximate surface area is 159 Å². The summed E-state index contributed by atoms with van der Waals surface area (Å²) >= 11 is 12.0. The summed E-state index contributed by atoms with van der Waals surface area (Å²) in [7, 11) is 0. The molecule has 0 spiro atoms. The maximum atomic E-state index is 12.5. The van der Waals surface area contributed by atoms with Crippen molar-refractivity contribution < 1.29 is 28.1 Å². The van der Waals surface area contributed by atoms with Crippen LogP contribution < -0.4 is 14.2 Å². The fourth-order valence-electron chi connectivity index (χ4n) is 2.29. The Balaban J connectivity index is 2.26. The Morgan fingerprint density at radius 1 is 1.19 bits per heavy atom. The van der Waals surface area contributed by atoms with E-state index in [1.54, 1.807) is 0 Å². The van der Waals surface area contributed by atoms with Crippen LogP contribution in [0.1, 0.15) is 30.6 Å². The molecule has 0 aliphatic heterocycles. The lowest BCUT2D eigenvalue weighted by atomic mass is 10.0. The number of ether oxygens (including phenoxy) is 2. The summed E-state index contributed by atoms with van der Waals surface area (Å²) in [6, 6.07) is 4.17. The van der Waals surface area contributed by atoms with Crippen molar-refractivity contribution in [2.24, 2.45) is 0 Å². The summed E-state index contributed by atoms with van der Waals surface area (Å²) in [5, 5.41) is 22.0. The minimum atomic E-state index is -2.99. The Kier molecular flexibility index (Phi) is 7.25. The number of aliphatic hydroxyl groups excluding tert-OH is 1. The van der Waals surface area contributed by atoms with Crippen LogP contribution in [0, 0.1) is 5.21 Å². The van der Waals surface area contributed by atoms with Crippen LogP contribution >= 0.6 is 23.2 Å². The third-order valence-corrected chi connectivity index (χ3v) is 4.14. The van der Waals surface area contributed by atoms with E-state index in [1.165, 1.54) is 18.2 Å². The number of hydrogen-bond donors (Lipinski definition) is 1. The van der Waals surface area contributed by atoms with Gasteiger partial charge in [0, 0.05) is 12.0 Å². The van der Waals surface area contributed by atoms with Gasteiger partial charge in [-0.3, -0.25) is 0 Å².